The van der Waals surface area contributed by atoms with Crippen LogP contribution in [0.25, 0.3) is 11.4 Å². The number of aromatic nitrogens is 2. The first-order valence-electron chi connectivity index (χ1n) is 9.70. The fourth-order valence-electron chi connectivity index (χ4n) is 3.51. The minimum Gasteiger partial charge on any atom is -0.480 e. The van der Waals surface area contributed by atoms with Gasteiger partial charge in [0, 0.05) is 13.1 Å². The molecule has 3 rings (SSSR count). The van der Waals surface area contributed by atoms with Crippen molar-refractivity contribution in [3.8, 4) is 11.4 Å². The third-order valence-electron chi connectivity index (χ3n) is 5.07. The number of imidazole rings is 1. The second kappa shape index (κ2) is 7.94. The Kier molecular flexibility index (Phi) is 5.75. The molecule has 0 fully saturated rings. The highest BCUT2D eigenvalue weighted by molar-refractivity contribution is 5.97. The van der Waals surface area contributed by atoms with E-state index in [0.29, 0.717) is 30.2 Å². The van der Waals surface area contributed by atoms with Gasteiger partial charge in [-0.3, -0.25) is 4.79 Å². The van der Waals surface area contributed by atoms with Crippen molar-refractivity contribution in [2.24, 2.45) is 5.41 Å². The van der Waals surface area contributed by atoms with Crippen LogP contribution in [0.2, 0.25) is 0 Å². The van der Waals surface area contributed by atoms with Gasteiger partial charge in [-0.25, -0.2) is 14.2 Å². The van der Waals surface area contributed by atoms with E-state index in [1.54, 1.807) is 39.8 Å². The zero-order valence-corrected chi connectivity index (χ0v) is 17.2. The molecule has 1 amide bonds. The molecule has 0 unspecified atom stereocenters. The fraction of sp³-hybridized carbons (Fsp3) is 0.476. The molecule has 3 N–H and O–H groups in total. The molecule has 0 radical (unpaired) electrons. The van der Waals surface area contributed by atoms with E-state index in [9.17, 15) is 19.1 Å². The van der Waals surface area contributed by atoms with Crippen LogP contribution in [0.4, 0.5) is 4.39 Å². The van der Waals surface area contributed by atoms with Crippen molar-refractivity contribution in [1.82, 2.24) is 20.2 Å². The second-order valence-corrected chi connectivity index (χ2v) is 8.51. The molecule has 1 aromatic carbocycles. The molecule has 156 valence electrons. The molecule has 29 heavy (non-hydrogen) atoms. The molecule has 7 nitrogen and oxygen atoms in total. The number of benzene rings is 1. The first-order valence-corrected chi connectivity index (χ1v) is 9.70. The Morgan fingerprint density at radius 2 is 2.07 bits per heavy atom. The maximum Gasteiger partial charge on any atom is 0.326 e. The second-order valence-electron chi connectivity index (χ2n) is 8.51. The van der Waals surface area contributed by atoms with Gasteiger partial charge in [0.1, 0.15) is 17.7 Å². The van der Waals surface area contributed by atoms with E-state index in [4.69, 9.17) is 0 Å². The first-order chi connectivity index (χ1) is 13.6. The molecule has 0 saturated carbocycles. The lowest BCUT2D eigenvalue weighted by Gasteiger charge is -2.27. The molecular formula is C21H27FN4O3. The Bertz CT molecular complexity index is 946. The summed E-state index contributed by atoms with van der Waals surface area (Å²) in [6.45, 7) is 8.79. The van der Waals surface area contributed by atoms with Crippen LogP contribution in [0.5, 0.6) is 0 Å². The largest absolute Gasteiger partial charge is 0.480 e. The van der Waals surface area contributed by atoms with Crippen molar-refractivity contribution >= 4 is 11.9 Å². The number of rotatable bonds is 4. The minimum atomic E-state index is -1.11. The smallest absolute Gasteiger partial charge is 0.326 e. The van der Waals surface area contributed by atoms with E-state index in [0.717, 1.165) is 18.5 Å². The van der Waals surface area contributed by atoms with Crippen molar-refractivity contribution in [3.63, 3.8) is 0 Å². The van der Waals surface area contributed by atoms with Crippen LogP contribution in [0.15, 0.2) is 18.2 Å². The molecule has 1 aliphatic rings. The van der Waals surface area contributed by atoms with Gasteiger partial charge in [-0.2, -0.15) is 0 Å². The summed E-state index contributed by atoms with van der Waals surface area (Å²) in [6, 6.07) is 3.82. The predicted octanol–water partition coefficient (Wildman–Crippen LogP) is 2.72. The number of carbonyl (C=O) groups excluding carboxylic acids is 1. The van der Waals surface area contributed by atoms with Crippen LogP contribution < -0.4 is 10.6 Å². The van der Waals surface area contributed by atoms with Crippen LogP contribution >= 0.6 is 0 Å². The summed E-state index contributed by atoms with van der Waals surface area (Å²) in [5, 5.41) is 15.4. The molecule has 2 heterocycles. The van der Waals surface area contributed by atoms with Crippen molar-refractivity contribution in [2.45, 2.75) is 53.2 Å². The zero-order chi connectivity index (χ0) is 21.3. The molecule has 1 aliphatic heterocycles. The van der Waals surface area contributed by atoms with Gasteiger partial charge in [0.15, 0.2) is 5.69 Å². The molecule has 2 aromatic rings. The Hall–Kier alpha value is -2.74. The highest BCUT2D eigenvalue weighted by Crippen LogP contribution is 2.28. The summed E-state index contributed by atoms with van der Waals surface area (Å²) in [6.07, 6.45) is 0.810. The maximum absolute atomic E-state index is 14.6. The van der Waals surface area contributed by atoms with E-state index in [2.05, 4.69) is 15.6 Å². The van der Waals surface area contributed by atoms with E-state index in [-0.39, 0.29) is 5.69 Å². The van der Waals surface area contributed by atoms with Crippen molar-refractivity contribution in [3.05, 3.63) is 41.0 Å². The average molecular weight is 402 g/mol. The van der Waals surface area contributed by atoms with Crippen LogP contribution in [-0.2, 0) is 17.9 Å². The molecule has 1 atom stereocenters. The van der Waals surface area contributed by atoms with Crippen molar-refractivity contribution < 1.29 is 19.1 Å². The number of nitrogens with one attached hydrogen (secondary N) is 2. The minimum absolute atomic E-state index is 0.130. The lowest BCUT2D eigenvalue weighted by atomic mass is 9.86. The van der Waals surface area contributed by atoms with Gasteiger partial charge in [0.25, 0.3) is 5.91 Å². The summed E-state index contributed by atoms with van der Waals surface area (Å²) in [7, 11) is 0. The maximum atomic E-state index is 14.6. The number of nitrogens with zero attached hydrogens (tertiary/aromatic N) is 2. The van der Waals surface area contributed by atoms with Crippen molar-refractivity contribution in [2.75, 3.05) is 6.54 Å². The van der Waals surface area contributed by atoms with Crippen LogP contribution in [0.3, 0.4) is 0 Å². The third-order valence-corrected chi connectivity index (χ3v) is 5.07. The number of carbonyl (C=O) groups is 2. The Balaban J connectivity index is 2.06. The fourth-order valence-corrected chi connectivity index (χ4v) is 3.51. The zero-order valence-electron chi connectivity index (χ0n) is 17.2. The summed E-state index contributed by atoms with van der Waals surface area (Å²) < 4.78 is 16.5. The molecule has 0 saturated heterocycles. The standard InChI is InChI=1S/C21H27FN4O3/c1-12-6-7-13(14(22)10-12)18-24-16(15-11-23-8-5-9-26(15)18)19(27)25-17(20(28)29)21(2,3)4/h6-7,10,17,23H,5,8-9,11H2,1-4H3,(H,25,27)(H,28,29)/t17-/m1/s1. The average Bonchev–Trinajstić information content (AvgIpc) is 2.80. The Morgan fingerprint density at radius 1 is 1.34 bits per heavy atom. The Labute approximate surface area is 169 Å². The number of halogens is 1. The topological polar surface area (TPSA) is 96.2 Å². The van der Waals surface area contributed by atoms with Gasteiger partial charge >= 0.3 is 5.97 Å². The van der Waals surface area contributed by atoms with E-state index < -0.39 is 29.2 Å². The number of aryl methyl sites for hydroxylation is 1. The number of carboxylic acid groups (broad SMARTS) is 1. The van der Waals surface area contributed by atoms with Crippen LogP contribution in [-0.4, -0.2) is 39.1 Å². The number of carboxylic acids is 1. The lowest BCUT2D eigenvalue weighted by molar-refractivity contribution is -0.142. The molecule has 0 aliphatic carbocycles. The van der Waals surface area contributed by atoms with Crippen molar-refractivity contribution in [1.29, 1.82) is 0 Å². The molecule has 1 aromatic heterocycles. The van der Waals surface area contributed by atoms with E-state index >= 15 is 0 Å². The van der Waals surface area contributed by atoms with Gasteiger partial charge in [-0.15, -0.1) is 0 Å². The lowest BCUT2D eigenvalue weighted by Crippen LogP contribution is -2.49. The quantitative estimate of drug-likeness (QED) is 0.731. The number of hydrogen-bond acceptors (Lipinski definition) is 4. The number of fused-ring (bicyclic) bond motifs is 1. The summed E-state index contributed by atoms with van der Waals surface area (Å²) in [5.41, 5.74) is 1.20. The number of amides is 1. The first kappa shape index (κ1) is 21.0. The monoisotopic (exact) mass is 402 g/mol. The summed E-state index contributed by atoms with van der Waals surface area (Å²) in [5.74, 6) is -1.70. The normalized spacial score (nSPS) is 15.3. The SMILES string of the molecule is Cc1ccc(-c2nc(C(=O)N[C@H](C(=O)O)C(C)(C)C)c3n2CCCNC3)c(F)c1. The van der Waals surface area contributed by atoms with Crippen LogP contribution in [0.1, 0.15) is 48.9 Å². The molecular weight excluding hydrogens is 375 g/mol. The Morgan fingerprint density at radius 3 is 2.69 bits per heavy atom. The van der Waals surface area contributed by atoms with Gasteiger partial charge in [0.05, 0.1) is 11.3 Å². The van der Waals surface area contributed by atoms with Gasteiger partial charge in [-0.1, -0.05) is 26.8 Å². The molecule has 0 spiro atoms. The predicted molar refractivity (Wildman–Crippen MR) is 107 cm³/mol. The molecule has 8 heteroatoms. The summed E-state index contributed by atoms with van der Waals surface area (Å²) >= 11 is 0. The molecule has 0 bridgehead atoms. The van der Waals surface area contributed by atoms with Gasteiger partial charge in [-0.05, 0) is 43.0 Å². The summed E-state index contributed by atoms with van der Waals surface area (Å²) in [4.78, 5) is 29.1. The highest BCUT2D eigenvalue weighted by atomic mass is 19.1. The number of hydrogen-bond donors (Lipinski definition) is 3. The van der Waals surface area contributed by atoms with E-state index in [1.165, 1.54) is 6.07 Å². The number of aliphatic carboxylic acids is 1. The highest BCUT2D eigenvalue weighted by Gasteiger charge is 2.35. The van der Waals surface area contributed by atoms with Gasteiger partial charge in [0.2, 0.25) is 0 Å². The van der Waals surface area contributed by atoms with Crippen LogP contribution in [0, 0.1) is 18.2 Å². The third kappa shape index (κ3) is 4.32. The van der Waals surface area contributed by atoms with E-state index in [1.807, 2.05) is 4.57 Å². The van der Waals surface area contributed by atoms with Gasteiger partial charge < -0.3 is 20.3 Å².